The van der Waals surface area contributed by atoms with Gasteiger partial charge >= 0.3 is 18.0 Å². The number of nitrogens with zero attached hydrogens (tertiary/aromatic N) is 2. The average molecular weight is 652 g/mol. The number of nitrogens with two attached hydrogens (primary N) is 1. The highest BCUT2D eigenvalue weighted by Gasteiger charge is 2.59. The number of rotatable bonds is 10. The Labute approximate surface area is 278 Å². The summed E-state index contributed by atoms with van der Waals surface area (Å²) >= 11 is 0. The molecule has 11 nitrogen and oxygen atoms in total. The van der Waals surface area contributed by atoms with Crippen LogP contribution in [0.3, 0.4) is 0 Å². The maximum atomic E-state index is 13.6. The first kappa shape index (κ1) is 33.9. The van der Waals surface area contributed by atoms with E-state index >= 15 is 0 Å². The van der Waals surface area contributed by atoms with Gasteiger partial charge in [-0.25, -0.2) is 19.0 Å². The number of nitriles is 1. The number of nitrogen functional groups attached to an aromatic ring is 1. The van der Waals surface area contributed by atoms with Crippen LogP contribution in [0.15, 0.2) is 85.1 Å². The monoisotopic (exact) mass is 651 g/mol. The van der Waals surface area contributed by atoms with Crippen LogP contribution in [-0.2, 0) is 30.3 Å². The van der Waals surface area contributed by atoms with Crippen LogP contribution in [0.4, 0.5) is 10.5 Å². The van der Waals surface area contributed by atoms with Crippen molar-refractivity contribution < 1.29 is 38.1 Å². The molecule has 1 aliphatic heterocycles. The van der Waals surface area contributed by atoms with E-state index in [-0.39, 0.29) is 36.8 Å². The molecule has 0 saturated carbocycles. The standard InChI is InChI=1S/C37H37N3O8/c1-5-44-36(43)40-20-28(31(39)29(40)19-38)32-37(4,46-21-25-9-7-6-8-10-25)33(48-35(42)27-17-13-24(3)14-18-27)30(47-32)22-45-34(41)26-15-11-23(2)12-16-26/h6-18,20,30,32-33H,5,21-22,39H2,1-4H3/t30?,32?,33-,37+/m1/s1. The summed E-state index contributed by atoms with van der Waals surface area (Å²) in [5.41, 5.74) is 8.45. The van der Waals surface area contributed by atoms with E-state index < -0.39 is 41.9 Å². The number of anilines is 1. The third-order valence-electron chi connectivity index (χ3n) is 8.24. The lowest BCUT2D eigenvalue weighted by Crippen LogP contribution is -2.48. The van der Waals surface area contributed by atoms with Gasteiger partial charge in [0.2, 0.25) is 0 Å². The predicted octanol–water partition coefficient (Wildman–Crippen LogP) is 6.06. The lowest BCUT2D eigenvalue weighted by atomic mass is 9.88. The number of benzene rings is 3. The molecule has 248 valence electrons. The summed E-state index contributed by atoms with van der Waals surface area (Å²) in [6, 6.07) is 25.1. The van der Waals surface area contributed by atoms with Gasteiger partial charge in [-0.05, 0) is 57.5 Å². The van der Waals surface area contributed by atoms with Crippen molar-refractivity contribution in [2.75, 3.05) is 18.9 Å². The first-order valence-electron chi connectivity index (χ1n) is 15.5. The summed E-state index contributed by atoms with van der Waals surface area (Å²) in [5.74, 6) is -1.25. The van der Waals surface area contributed by atoms with Gasteiger partial charge < -0.3 is 29.4 Å². The summed E-state index contributed by atoms with van der Waals surface area (Å²) in [6.07, 6.45) is -2.73. The molecule has 4 aromatic rings. The molecule has 2 N–H and O–H groups in total. The third-order valence-corrected chi connectivity index (χ3v) is 8.24. The second-order valence-corrected chi connectivity index (χ2v) is 11.7. The number of aryl methyl sites for hydroxylation is 2. The van der Waals surface area contributed by atoms with E-state index in [4.69, 9.17) is 29.4 Å². The summed E-state index contributed by atoms with van der Waals surface area (Å²) in [6.45, 7) is 6.98. The highest BCUT2D eigenvalue weighted by molar-refractivity contribution is 5.90. The largest absolute Gasteiger partial charge is 0.459 e. The van der Waals surface area contributed by atoms with E-state index in [0.29, 0.717) is 11.1 Å². The smallest absolute Gasteiger partial charge is 0.419 e. The Morgan fingerprint density at radius 2 is 1.52 bits per heavy atom. The zero-order valence-electron chi connectivity index (χ0n) is 27.2. The molecule has 1 aromatic heterocycles. The summed E-state index contributed by atoms with van der Waals surface area (Å²) < 4.78 is 31.1. The Morgan fingerprint density at radius 1 is 0.917 bits per heavy atom. The van der Waals surface area contributed by atoms with Gasteiger partial charge in [0, 0.05) is 11.8 Å². The van der Waals surface area contributed by atoms with E-state index in [1.165, 1.54) is 6.20 Å². The summed E-state index contributed by atoms with van der Waals surface area (Å²) in [5, 5.41) is 9.94. The SMILES string of the molecule is CCOC(=O)n1cc(C2OC(COC(=O)c3ccc(C)cc3)[C@@H](OC(=O)c3ccc(C)cc3)[C@@]2(C)OCc2ccccc2)c(N)c1C#N. The lowest BCUT2D eigenvalue weighted by molar-refractivity contribution is -0.128. The molecule has 0 aliphatic carbocycles. The maximum Gasteiger partial charge on any atom is 0.419 e. The third kappa shape index (κ3) is 7.10. The molecule has 2 unspecified atom stereocenters. The van der Waals surface area contributed by atoms with Crippen molar-refractivity contribution in [3.8, 4) is 6.07 Å². The minimum Gasteiger partial charge on any atom is -0.459 e. The van der Waals surface area contributed by atoms with E-state index in [0.717, 1.165) is 21.3 Å². The molecule has 0 bridgehead atoms. The molecular formula is C37H37N3O8. The molecular weight excluding hydrogens is 614 g/mol. The van der Waals surface area contributed by atoms with Crippen molar-refractivity contribution in [2.45, 2.75) is 58.2 Å². The van der Waals surface area contributed by atoms with Crippen molar-refractivity contribution in [3.05, 3.63) is 124 Å². The Morgan fingerprint density at radius 3 is 2.10 bits per heavy atom. The van der Waals surface area contributed by atoms with Crippen molar-refractivity contribution >= 4 is 23.7 Å². The summed E-state index contributed by atoms with van der Waals surface area (Å²) in [7, 11) is 0. The van der Waals surface area contributed by atoms with Crippen molar-refractivity contribution in [1.29, 1.82) is 5.26 Å². The first-order valence-corrected chi connectivity index (χ1v) is 15.5. The van der Waals surface area contributed by atoms with E-state index in [1.54, 1.807) is 62.4 Å². The van der Waals surface area contributed by atoms with Gasteiger partial charge in [0.1, 0.15) is 30.5 Å². The van der Waals surface area contributed by atoms with Crippen molar-refractivity contribution in [1.82, 2.24) is 4.57 Å². The van der Waals surface area contributed by atoms with E-state index in [2.05, 4.69) is 0 Å². The molecule has 3 aromatic carbocycles. The Kier molecular flexibility index (Phi) is 10.3. The fraction of sp³-hybridized carbons (Fsp3) is 0.297. The number of ether oxygens (including phenoxy) is 5. The van der Waals surface area contributed by atoms with Crippen LogP contribution in [0.5, 0.6) is 0 Å². The molecule has 2 heterocycles. The molecule has 5 rings (SSSR count). The molecule has 0 radical (unpaired) electrons. The predicted molar refractivity (Wildman–Crippen MR) is 175 cm³/mol. The second kappa shape index (κ2) is 14.5. The zero-order valence-corrected chi connectivity index (χ0v) is 27.2. The first-order chi connectivity index (χ1) is 23.0. The van der Waals surface area contributed by atoms with Crippen LogP contribution in [0, 0.1) is 25.2 Å². The second-order valence-electron chi connectivity index (χ2n) is 11.7. The molecule has 0 spiro atoms. The topological polar surface area (TPSA) is 152 Å². The Balaban J connectivity index is 1.56. The number of hydrogen-bond donors (Lipinski definition) is 1. The van der Waals surface area contributed by atoms with Crippen LogP contribution in [0.2, 0.25) is 0 Å². The van der Waals surface area contributed by atoms with Crippen molar-refractivity contribution in [2.24, 2.45) is 0 Å². The van der Waals surface area contributed by atoms with Crippen molar-refractivity contribution in [3.63, 3.8) is 0 Å². The van der Waals surface area contributed by atoms with Crippen LogP contribution in [-0.4, -0.2) is 53.6 Å². The van der Waals surface area contributed by atoms with Crippen LogP contribution in [0.25, 0.3) is 0 Å². The molecule has 1 fully saturated rings. The number of carbonyl (C=O) groups is 3. The average Bonchev–Trinajstić information content (AvgIpc) is 3.56. The molecule has 1 saturated heterocycles. The molecule has 4 atom stereocenters. The fourth-order valence-electron chi connectivity index (χ4n) is 5.58. The van der Waals surface area contributed by atoms with Gasteiger partial charge in [-0.1, -0.05) is 65.7 Å². The molecule has 1 aliphatic rings. The quantitative estimate of drug-likeness (QED) is 0.158. The summed E-state index contributed by atoms with van der Waals surface area (Å²) in [4.78, 5) is 39.5. The van der Waals surface area contributed by atoms with Gasteiger partial charge in [0.25, 0.3) is 0 Å². The highest BCUT2D eigenvalue weighted by Crippen LogP contribution is 2.49. The van der Waals surface area contributed by atoms with Gasteiger partial charge in [-0.2, -0.15) is 5.26 Å². The van der Waals surface area contributed by atoms with E-state index in [9.17, 15) is 19.6 Å². The van der Waals surface area contributed by atoms with E-state index in [1.807, 2.05) is 50.2 Å². The maximum absolute atomic E-state index is 13.6. The molecule has 48 heavy (non-hydrogen) atoms. The fourth-order valence-corrected chi connectivity index (χ4v) is 5.58. The minimum absolute atomic E-state index is 0.0361. The van der Waals surface area contributed by atoms with Gasteiger partial charge in [-0.3, -0.25) is 0 Å². The van der Waals surface area contributed by atoms with Crippen LogP contribution >= 0.6 is 0 Å². The Bertz CT molecular complexity index is 1810. The number of aromatic nitrogens is 1. The highest BCUT2D eigenvalue weighted by atomic mass is 16.6. The lowest BCUT2D eigenvalue weighted by Gasteiger charge is -2.35. The van der Waals surface area contributed by atoms with Crippen LogP contribution < -0.4 is 5.73 Å². The zero-order chi connectivity index (χ0) is 34.4. The van der Waals surface area contributed by atoms with Gasteiger partial charge in [0.15, 0.2) is 11.8 Å². The normalized spacial score (nSPS) is 20.1. The van der Waals surface area contributed by atoms with Gasteiger partial charge in [0.05, 0.1) is 30.0 Å². The molecule has 0 amide bonds. The number of esters is 2. The Hall–Kier alpha value is -5.44. The number of hydrogen-bond acceptors (Lipinski definition) is 10. The number of carbonyl (C=O) groups excluding carboxylic acids is 3. The van der Waals surface area contributed by atoms with Gasteiger partial charge in [-0.15, -0.1) is 0 Å². The van der Waals surface area contributed by atoms with Crippen LogP contribution in [0.1, 0.15) is 68.6 Å². The minimum atomic E-state index is -1.47. The molecule has 11 heteroatoms.